The van der Waals surface area contributed by atoms with Crippen LogP contribution in [0.5, 0.6) is 0 Å². The van der Waals surface area contributed by atoms with E-state index in [1.807, 2.05) is 24.8 Å². The first-order valence-electron chi connectivity index (χ1n) is 5.22. The molecule has 3 nitrogen and oxygen atoms in total. The van der Waals surface area contributed by atoms with Gasteiger partial charge < -0.3 is 5.32 Å². The lowest BCUT2D eigenvalue weighted by molar-refractivity contribution is 0.937. The lowest BCUT2D eigenvalue weighted by atomic mass is 10.4. The highest BCUT2D eigenvalue weighted by Crippen LogP contribution is 2.12. The summed E-state index contributed by atoms with van der Waals surface area (Å²) in [5, 5.41) is 3.72. The summed E-state index contributed by atoms with van der Waals surface area (Å²) in [4.78, 5) is 8.44. The summed E-state index contributed by atoms with van der Waals surface area (Å²) in [5.74, 6) is 3.58. The summed E-state index contributed by atoms with van der Waals surface area (Å²) in [6.07, 6.45) is 2.70. The smallest absolute Gasteiger partial charge is 0.134 e. The number of aromatic nitrogens is 2. The quantitative estimate of drug-likeness (QED) is 0.463. The Hall–Kier alpha value is -0.740. The number of rotatable bonds is 7. The third-order valence-electron chi connectivity index (χ3n) is 1.85. The highest BCUT2D eigenvalue weighted by Gasteiger charge is 2.00. The van der Waals surface area contributed by atoms with E-state index in [0.717, 1.165) is 36.1 Å². The molecular formula is C11H16ClN3S. The maximum Gasteiger partial charge on any atom is 0.134 e. The van der Waals surface area contributed by atoms with Crippen LogP contribution >= 0.6 is 23.4 Å². The van der Waals surface area contributed by atoms with Crippen LogP contribution in [0.15, 0.2) is 18.7 Å². The Balaban J connectivity index is 2.41. The molecule has 0 amide bonds. The van der Waals surface area contributed by atoms with Crippen molar-refractivity contribution in [2.24, 2.45) is 0 Å². The lowest BCUT2D eigenvalue weighted by Gasteiger charge is -2.06. The van der Waals surface area contributed by atoms with Gasteiger partial charge in [-0.05, 0) is 0 Å². The standard InChI is InChI=1S/C11H16ClN3S/c1-3-6-16-7-5-13-11-8-9(12)14-10(4-2)15-11/h3,8H,1,4-7H2,2H3,(H,13,14,15). The molecule has 88 valence electrons. The van der Waals surface area contributed by atoms with E-state index in [1.54, 1.807) is 6.07 Å². The van der Waals surface area contributed by atoms with Crippen LogP contribution in [0.4, 0.5) is 5.82 Å². The van der Waals surface area contributed by atoms with Crippen molar-refractivity contribution in [3.8, 4) is 0 Å². The van der Waals surface area contributed by atoms with Crippen LogP contribution in [-0.4, -0.2) is 28.0 Å². The van der Waals surface area contributed by atoms with E-state index in [9.17, 15) is 0 Å². The van der Waals surface area contributed by atoms with Crippen molar-refractivity contribution in [3.63, 3.8) is 0 Å². The van der Waals surface area contributed by atoms with Crippen molar-refractivity contribution >= 4 is 29.2 Å². The van der Waals surface area contributed by atoms with Gasteiger partial charge in [0.15, 0.2) is 0 Å². The molecule has 0 aliphatic carbocycles. The number of hydrogen-bond donors (Lipinski definition) is 1. The summed E-state index contributed by atoms with van der Waals surface area (Å²) in [7, 11) is 0. The van der Waals surface area contributed by atoms with Gasteiger partial charge in [-0.2, -0.15) is 11.8 Å². The molecule has 0 aliphatic rings. The predicted octanol–water partition coefficient (Wildman–Crippen LogP) is 3.02. The van der Waals surface area contributed by atoms with E-state index in [0.29, 0.717) is 5.15 Å². The predicted molar refractivity (Wildman–Crippen MR) is 72.4 cm³/mol. The minimum absolute atomic E-state index is 0.494. The first kappa shape index (κ1) is 13.3. The molecule has 0 bridgehead atoms. The third-order valence-corrected chi connectivity index (χ3v) is 3.00. The first-order valence-corrected chi connectivity index (χ1v) is 6.75. The Kier molecular flexibility index (Phi) is 6.26. The number of thioether (sulfide) groups is 1. The van der Waals surface area contributed by atoms with Gasteiger partial charge in [-0.25, -0.2) is 9.97 Å². The van der Waals surface area contributed by atoms with Gasteiger partial charge in [0.1, 0.15) is 16.8 Å². The number of hydrogen-bond acceptors (Lipinski definition) is 4. The molecule has 5 heteroatoms. The maximum atomic E-state index is 5.88. The van der Waals surface area contributed by atoms with E-state index in [4.69, 9.17) is 11.6 Å². The summed E-state index contributed by atoms with van der Waals surface area (Å²) in [6.45, 7) is 6.55. The van der Waals surface area contributed by atoms with Crippen molar-refractivity contribution in [2.75, 3.05) is 23.4 Å². The van der Waals surface area contributed by atoms with Crippen LogP contribution in [-0.2, 0) is 6.42 Å². The molecule has 0 aromatic carbocycles. The zero-order valence-corrected chi connectivity index (χ0v) is 10.9. The minimum Gasteiger partial charge on any atom is -0.369 e. The monoisotopic (exact) mass is 257 g/mol. The van der Waals surface area contributed by atoms with E-state index in [2.05, 4.69) is 21.9 Å². The fraction of sp³-hybridized carbons (Fsp3) is 0.455. The van der Waals surface area contributed by atoms with Crippen LogP contribution in [0.25, 0.3) is 0 Å². The summed E-state index contributed by atoms with van der Waals surface area (Å²) >= 11 is 7.71. The molecule has 1 N–H and O–H groups in total. The van der Waals surface area contributed by atoms with Crippen molar-refractivity contribution in [1.29, 1.82) is 0 Å². The van der Waals surface area contributed by atoms with Crippen LogP contribution in [0.1, 0.15) is 12.7 Å². The molecule has 0 spiro atoms. The average Bonchev–Trinajstić information content (AvgIpc) is 2.28. The number of nitrogens with one attached hydrogen (secondary N) is 1. The van der Waals surface area contributed by atoms with Gasteiger partial charge in [-0.1, -0.05) is 24.6 Å². The Morgan fingerprint density at radius 3 is 3.06 bits per heavy atom. The highest BCUT2D eigenvalue weighted by atomic mass is 35.5. The van der Waals surface area contributed by atoms with Crippen molar-refractivity contribution in [2.45, 2.75) is 13.3 Å². The molecule has 1 aromatic rings. The Bertz CT molecular complexity index is 344. The second-order valence-corrected chi connectivity index (χ2v) is 4.67. The molecule has 0 atom stereocenters. The molecular weight excluding hydrogens is 242 g/mol. The Morgan fingerprint density at radius 1 is 1.56 bits per heavy atom. The first-order chi connectivity index (χ1) is 7.76. The molecule has 0 saturated heterocycles. The van der Waals surface area contributed by atoms with Gasteiger partial charge in [-0.3, -0.25) is 0 Å². The van der Waals surface area contributed by atoms with Crippen LogP contribution in [0.2, 0.25) is 5.15 Å². The molecule has 1 rings (SSSR count). The van der Waals surface area contributed by atoms with E-state index in [1.165, 1.54) is 0 Å². The maximum absolute atomic E-state index is 5.88. The van der Waals surface area contributed by atoms with Gasteiger partial charge in [-0.15, -0.1) is 6.58 Å². The largest absolute Gasteiger partial charge is 0.369 e. The lowest BCUT2D eigenvalue weighted by Crippen LogP contribution is -2.07. The SMILES string of the molecule is C=CCSCCNc1cc(Cl)nc(CC)n1. The van der Waals surface area contributed by atoms with Crippen LogP contribution < -0.4 is 5.32 Å². The van der Waals surface area contributed by atoms with Gasteiger partial charge >= 0.3 is 0 Å². The average molecular weight is 258 g/mol. The van der Waals surface area contributed by atoms with Gasteiger partial charge in [0, 0.05) is 30.5 Å². The van der Waals surface area contributed by atoms with Crippen molar-refractivity contribution in [3.05, 3.63) is 29.7 Å². The summed E-state index contributed by atoms with van der Waals surface area (Å²) < 4.78 is 0. The van der Waals surface area contributed by atoms with Gasteiger partial charge in [0.2, 0.25) is 0 Å². The number of anilines is 1. The van der Waals surface area contributed by atoms with Crippen molar-refractivity contribution < 1.29 is 0 Å². The fourth-order valence-electron chi connectivity index (χ4n) is 1.13. The molecule has 16 heavy (non-hydrogen) atoms. The Labute approximate surface area is 106 Å². The third kappa shape index (κ3) is 4.86. The fourth-order valence-corrected chi connectivity index (χ4v) is 1.91. The number of halogens is 1. The van der Waals surface area contributed by atoms with E-state index < -0.39 is 0 Å². The molecule has 1 heterocycles. The van der Waals surface area contributed by atoms with E-state index in [-0.39, 0.29) is 0 Å². The van der Waals surface area contributed by atoms with E-state index >= 15 is 0 Å². The summed E-state index contributed by atoms with van der Waals surface area (Å²) in [6, 6.07) is 1.75. The zero-order chi connectivity index (χ0) is 11.8. The second-order valence-electron chi connectivity index (χ2n) is 3.14. The zero-order valence-electron chi connectivity index (χ0n) is 9.37. The minimum atomic E-state index is 0.494. The normalized spacial score (nSPS) is 10.1. The van der Waals surface area contributed by atoms with Crippen molar-refractivity contribution in [1.82, 2.24) is 9.97 Å². The molecule has 0 fully saturated rings. The molecule has 0 unspecified atom stereocenters. The van der Waals surface area contributed by atoms with Crippen LogP contribution in [0.3, 0.4) is 0 Å². The topological polar surface area (TPSA) is 37.8 Å². The second kappa shape index (κ2) is 7.52. The molecule has 0 saturated carbocycles. The van der Waals surface area contributed by atoms with Gasteiger partial charge in [0.05, 0.1) is 0 Å². The van der Waals surface area contributed by atoms with Gasteiger partial charge in [0.25, 0.3) is 0 Å². The summed E-state index contributed by atoms with van der Waals surface area (Å²) in [5.41, 5.74) is 0. The Morgan fingerprint density at radius 2 is 2.38 bits per heavy atom. The van der Waals surface area contributed by atoms with Crippen LogP contribution in [0, 0.1) is 0 Å². The highest BCUT2D eigenvalue weighted by molar-refractivity contribution is 7.99. The molecule has 0 aliphatic heterocycles. The number of nitrogens with zero attached hydrogens (tertiary/aromatic N) is 2. The molecule has 0 radical (unpaired) electrons. The molecule has 1 aromatic heterocycles. The number of aryl methyl sites for hydroxylation is 1.